The first-order valence-corrected chi connectivity index (χ1v) is 6.84. The largest absolute Gasteiger partial charge is 0.373 e. The van der Waals surface area contributed by atoms with Crippen LogP contribution in [0.2, 0.25) is 10.0 Å². The van der Waals surface area contributed by atoms with Crippen LogP contribution in [0.1, 0.15) is 5.69 Å². The molecule has 0 aliphatic carbocycles. The Morgan fingerprint density at radius 1 is 1.10 bits per heavy atom. The molecule has 0 unspecified atom stereocenters. The summed E-state index contributed by atoms with van der Waals surface area (Å²) in [7, 11) is 1.77. The summed E-state index contributed by atoms with van der Waals surface area (Å²) in [4.78, 5) is 8.41. The number of rotatable bonds is 3. The van der Waals surface area contributed by atoms with Crippen LogP contribution in [-0.2, 0) is 0 Å². The van der Waals surface area contributed by atoms with Gasteiger partial charge >= 0.3 is 0 Å². The number of guanidine groups is 1. The number of aryl methyl sites for hydroxylation is 1. The lowest BCUT2D eigenvalue weighted by atomic mass is 10.3. The van der Waals surface area contributed by atoms with E-state index in [-0.39, 0.29) is 5.96 Å². The number of nitrogens with zero attached hydrogens (tertiary/aromatic N) is 2. The average Bonchev–Trinajstić information content (AvgIpc) is 2.42. The zero-order chi connectivity index (χ0) is 15.4. The van der Waals surface area contributed by atoms with E-state index in [9.17, 15) is 0 Å². The molecule has 4 N–H and O–H groups in total. The smallest absolute Gasteiger partial charge is 0.231 e. The summed E-state index contributed by atoms with van der Waals surface area (Å²) in [5, 5.41) is 17.3. The van der Waals surface area contributed by atoms with Crippen molar-refractivity contribution in [3.8, 4) is 0 Å². The number of halogens is 2. The maximum atomic E-state index is 7.89. The van der Waals surface area contributed by atoms with Crippen LogP contribution in [0.25, 0.3) is 0 Å². The Hall–Kier alpha value is -2.05. The van der Waals surface area contributed by atoms with E-state index in [1.165, 1.54) is 0 Å². The molecule has 0 fully saturated rings. The first-order valence-electron chi connectivity index (χ1n) is 6.09. The molecule has 21 heavy (non-hydrogen) atoms. The van der Waals surface area contributed by atoms with Crippen molar-refractivity contribution in [1.82, 2.24) is 9.97 Å². The summed E-state index contributed by atoms with van der Waals surface area (Å²) >= 11 is 11.8. The minimum atomic E-state index is 0.0287. The molecule has 0 bridgehead atoms. The molecule has 1 heterocycles. The van der Waals surface area contributed by atoms with Crippen LogP contribution >= 0.6 is 23.2 Å². The molecule has 0 saturated heterocycles. The van der Waals surface area contributed by atoms with Gasteiger partial charge in [0.2, 0.25) is 5.95 Å². The van der Waals surface area contributed by atoms with Crippen molar-refractivity contribution in [2.45, 2.75) is 6.92 Å². The summed E-state index contributed by atoms with van der Waals surface area (Å²) < 4.78 is 0. The molecule has 0 amide bonds. The summed E-state index contributed by atoms with van der Waals surface area (Å²) in [5.74, 6) is 1.03. The minimum Gasteiger partial charge on any atom is -0.373 e. The van der Waals surface area contributed by atoms with E-state index in [1.54, 1.807) is 31.3 Å². The van der Waals surface area contributed by atoms with Gasteiger partial charge in [0.1, 0.15) is 5.82 Å². The van der Waals surface area contributed by atoms with E-state index in [4.69, 9.17) is 28.6 Å². The summed E-state index contributed by atoms with van der Waals surface area (Å²) in [5.41, 5.74) is 1.43. The third kappa shape index (κ3) is 4.21. The third-order valence-corrected chi connectivity index (χ3v) is 3.28. The Kier molecular flexibility index (Phi) is 4.82. The second-order valence-electron chi connectivity index (χ2n) is 4.22. The molecule has 6 nitrogen and oxygen atoms in total. The quantitative estimate of drug-likeness (QED) is 0.512. The zero-order valence-electron chi connectivity index (χ0n) is 11.5. The number of aromatic nitrogens is 2. The van der Waals surface area contributed by atoms with Gasteiger partial charge in [0.05, 0.1) is 10.0 Å². The number of hydrogen-bond donors (Lipinski definition) is 4. The van der Waals surface area contributed by atoms with E-state index in [2.05, 4.69) is 25.9 Å². The van der Waals surface area contributed by atoms with Crippen LogP contribution in [0, 0.1) is 12.3 Å². The van der Waals surface area contributed by atoms with Crippen molar-refractivity contribution in [2.75, 3.05) is 23.0 Å². The molecule has 0 radical (unpaired) electrons. The fourth-order valence-corrected chi connectivity index (χ4v) is 1.91. The molecule has 2 rings (SSSR count). The van der Waals surface area contributed by atoms with Crippen LogP contribution in [0.3, 0.4) is 0 Å². The lowest BCUT2D eigenvalue weighted by Crippen LogP contribution is -2.22. The van der Waals surface area contributed by atoms with Crippen LogP contribution in [0.15, 0.2) is 24.3 Å². The normalized spacial score (nSPS) is 10.1. The van der Waals surface area contributed by atoms with Gasteiger partial charge in [-0.1, -0.05) is 23.2 Å². The van der Waals surface area contributed by atoms with Gasteiger partial charge in [-0.2, -0.15) is 4.98 Å². The summed E-state index contributed by atoms with van der Waals surface area (Å²) in [6.45, 7) is 1.85. The molecule has 1 aromatic heterocycles. The van der Waals surface area contributed by atoms with E-state index in [0.29, 0.717) is 27.5 Å². The molecule has 110 valence electrons. The molecule has 1 aromatic carbocycles. The number of anilines is 3. The second-order valence-corrected chi connectivity index (χ2v) is 5.04. The highest BCUT2D eigenvalue weighted by Gasteiger charge is 2.05. The van der Waals surface area contributed by atoms with E-state index in [0.717, 1.165) is 5.69 Å². The highest BCUT2D eigenvalue weighted by atomic mass is 35.5. The van der Waals surface area contributed by atoms with Gasteiger partial charge in [0.25, 0.3) is 0 Å². The highest BCUT2D eigenvalue weighted by molar-refractivity contribution is 6.42. The van der Waals surface area contributed by atoms with Crippen LogP contribution in [0.4, 0.5) is 17.5 Å². The zero-order valence-corrected chi connectivity index (χ0v) is 13.0. The van der Waals surface area contributed by atoms with Crippen molar-refractivity contribution < 1.29 is 0 Å². The van der Waals surface area contributed by atoms with Gasteiger partial charge in [0.15, 0.2) is 5.96 Å². The van der Waals surface area contributed by atoms with Gasteiger partial charge in [-0.25, -0.2) is 4.98 Å². The van der Waals surface area contributed by atoms with Crippen molar-refractivity contribution >= 4 is 46.6 Å². The first kappa shape index (κ1) is 15.3. The predicted molar refractivity (Wildman–Crippen MR) is 87.7 cm³/mol. The molecule has 2 aromatic rings. The van der Waals surface area contributed by atoms with E-state index in [1.807, 2.05) is 6.92 Å². The maximum absolute atomic E-state index is 7.89. The fraction of sp³-hybridized carbons (Fsp3) is 0.154. The number of hydrogen-bond acceptors (Lipinski definition) is 4. The Bertz CT molecular complexity index is 674. The van der Waals surface area contributed by atoms with E-state index >= 15 is 0 Å². The molecule has 0 saturated carbocycles. The SMILES string of the molecule is CNc1cc(C)nc(NC(=N)Nc2ccc(Cl)c(Cl)c2)n1. The molecule has 0 atom stereocenters. The Morgan fingerprint density at radius 2 is 1.86 bits per heavy atom. The predicted octanol–water partition coefficient (Wildman–Crippen LogP) is 3.59. The van der Waals surface area contributed by atoms with Gasteiger partial charge in [-0.15, -0.1) is 0 Å². The van der Waals surface area contributed by atoms with Crippen molar-refractivity contribution in [3.05, 3.63) is 40.0 Å². The summed E-state index contributed by atoms with van der Waals surface area (Å²) in [6, 6.07) is 6.82. The Morgan fingerprint density at radius 3 is 2.52 bits per heavy atom. The topological polar surface area (TPSA) is 85.7 Å². The Balaban J connectivity index is 2.07. The second kappa shape index (κ2) is 6.60. The maximum Gasteiger partial charge on any atom is 0.231 e. The molecule has 0 spiro atoms. The fourth-order valence-electron chi connectivity index (χ4n) is 1.61. The van der Waals surface area contributed by atoms with Gasteiger partial charge in [0, 0.05) is 24.5 Å². The van der Waals surface area contributed by atoms with Crippen molar-refractivity contribution in [3.63, 3.8) is 0 Å². The molecule has 8 heteroatoms. The number of nitrogens with one attached hydrogen (secondary N) is 4. The van der Waals surface area contributed by atoms with Crippen molar-refractivity contribution in [1.29, 1.82) is 5.41 Å². The van der Waals surface area contributed by atoms with Crippen LogP contribution < -0.4 is 16.0 Å². The molecule has 0 aliphatic heterocycles. The van der Waals surface area contributed by atoms with Gasteiger partial charge in [-0.05, 0) is 25.1 Å². The van der Waals surface area contributed by atoms with Crippen LogP contribution in [-0.4, -0.2) is 23.0 Å². The molecular formula is C13H14Cl2N6. The lowest BCUT2D eigenvalue weighted by Gasteiger charge is -2.11. The van der Waals surface area contributed by atoms with E-state index < -0.39 is 0 Å². The standard InChI is InChI=1S/C13H14Cl2N6/c1-7-5-11(17-2)20-13(18-7)21-12(16)19-8-3-4-9(14)10(15)6-8/h3-6H,1-2H3,(H4,16,17,18,19,20,21). The Labute approximate surface area is 132 Å². The highest BCUT2D eigenvalue weighted by Crippen LogP contribution is 2.24. The monoisotopic (exact) mass is 324 g/mol. The van der Waals surface area contributed by atoms with Crippen LogP contribution in [0.5, 0.6) is 0 Å². The van der Waals surface area contributed by atoms with Gasteiger partial charge in [-0.3, -0.25) is 10.7 Å². The van der Waals surface area contributed by atoms with Crippen molar-refractivity contribution in [2.24, 2.45) is 0 Å². The summed E-state index contributed by atoms with van der Waals surface area (Å²) in [6.07, 6.45) is 0. The number of benzene rings is 1. The third-order valence-electron chi connectivity index (χ3n) is 2.54. The first-order chi connectivity index (χ1) is 9.97. The average molecular weight is 325 g/mol. The molecule has 0 aliphatic rings. The minimum absolute atomic E-state index is 0.0287. The van der Waals surface area contributed by atoms with Gasteiger partial charge < -0.3 is 10.6 Å². The lowest BCUT2D eigenvalue weighted by molar-refractivity contribution is 1.10. The molecular weight excluding hydrogens is 311 g/mol.